The Morgan fingerprint density at radius 1 is 1.08 bits per heavy atom. The van der Waals surface area contributed by atoms with Crippen LogP contribution in [0, 0.1) is 0 Å². The van der Waals surface area contributed by atoms with Crippen molar-refractivity contribution in [1.29, 1.82) is 0 Å². The molecule has 1 atom stereocenters. The molecule has 4 rings (SSSR count). The lowest BCUT2D eigenvalue weighted by molar-refractivity contribution is 0.433. The lowest BCUT2D eigenvalue weighted by Crippen LogP contribution is -2.32. The molecule has 0 spiro atoms. The summed E-state index contributed by atoms with van der Waals surface area (Å²) in [5, 5.41) is 11.5. The maximum atomic E-state index is 6.11. The third-order valence-corrected chi connectivity index (χ3v) is 6.20. The van der Waals surface area contributed by atoms with Gasteiger partial charge in [0.25, 0.3) is 0 Å². The second-order valence-corrected chi connectivity index (χ2v) is 8.16. The van der Waals surface area contributed by atoms with Crippen molar-refractivity contribution >= 4 is 51.3 Å². The summed E-state index contributed by atoms with van der Waals surface area (Å²) in [4.78, 5) is 10.7. The van der Waals surface area contributed by atoms with Crippen molar-refractivity contribution in [3.05, 3.63) is 49.9 Å². The quantitative estimate of drug-likeness (QED) is 0.591. The summed E-state index contributed by atoms with van der Waals surface area (Å²) in [5.74, 6) is 0.855. The van der Waals surface area contributed by atoms with Crippen molar-refractivity contribution in [2.75, 3.05) is 0 Å². The number of benzene rings is 1. The number of aromatic nitrogens is 3. The molecule has 1 unspecified atom stereocenters. The van der Waals surface area contributed by atoms with Crippen LogP contribution < -0.4 is 0 Å². The zero-order chi connectivity index (χ0) is 17.1. The van der Waals surface area contributed by atoms with Gasteiger partial charge >= 0.3 is 0 Å². The molecule has 3 aromatic rings. The molecule has 0 fully saturated rings. The zero-order valence-corrected chi connectivity index (χ0v) is 15.7. The van der Waals surface area contributed by atoms with Gasteiger partial charge in [0.15, 0.2) is 0 Å². The molecule has 3 heterocycles. The van der Waals surface area contributed by atoms with E-state index in [-0.39, 0.29) is 5.54 Å². The number of rotatable bonds is 1. The summed E-state index contributed by atoms with van der Waals surface area (Å²) in [7, 11) is 0. The fraction of sp³-hybridized carbons (Fsp3) is 0.294. The Morgan fingerprint density at radius 2 is 1.79 bits per heavy atom. The second-order valence-electron chi connectivity index (χ2n) is 6.43. The van der Waals surface area contributed by atoms with Crippen molar-refractivity contribution in [2.24, 2.45) is 4.99 Å². The first-order valence-electron chi connectivity index (χ1n) is 7.54. The van der Waals surface area contributed by atoms with Gasteiger partial charge in [0.2, 0.25) is 5.82 Å². The molecule has 0 amide bonds. The largest absolute Gasteiger partial charge is 0.273 e. The molecule has 1 aliphatic rings. The molecule has 0 saturated heterocycles. The molecule has 0 radical (unpaired) electrons. The molecule has 0 aliphatic carbocycles. The Hall–Kier alpha value is -1.56. The van der Waals surface area contributed by atoms with Crippen LogP contribution in [0.1, 0.15) is 43.0 Å². The van der Waals surface area contributed by atoms with Crippen LogP contribution in [0.25, 0.3) is 11.0 Å². The fourth-order valence-corrected chi connectivity index (χ4v) is 4.15. The molecular weight excluding hydrogens is 363 g/mol. The van der Waals surface area contributed by atoms with Crippen molar-refractivity contribution in [3.63, 3.8) is 0 Å². The van der Waals surface area contributed by atoms with Crippen LogP contribution in [0.2, 0.25) is 10.0 Å². The van der Waals surface area contributed by atoms with E-state index < -0.39 is 0 Å². The van der Waals surface area contributed by atoms with E-state index in [1.54, 1.807) is 23.5 Å². The summed E-state index contributed by atoms with van der Waals surface area (Å²) in [5.41, 5.74) is 3.13. The minimum atomic E-state index is -0.223. The van der Waals surface area contributed by atoms with Crippen molar-refractivity contribution in [1.82, 2.24) is 15.2 Å². The van der Waals surface area contributed by atoms with Crippen LogP contribution in [0.4, 0.5) is 0 Å². The average Bonchev–Trinajstić information content (AvgIpc) is 3.01. The van der Waals surface area contributed by atoms with E-state index in [2.05, 4.69) is 47.4 Å². The van der Waals surface area contributed by atoms with Gasteiger partial charge in [-0.15, -0.1) is 21.5 Å². The summed E-state index contributed by atoms with van der Waals surface area (Å²) < 4.78 is 0. The maximum Gasteiger partial charge on any atom is 0.202 e. The molecule has 1 aromatic carbocycles. The molecule has 122 valence electrons. The Bertz CT molecular complexity index is 993. The monoisotopic (exact) mass is 376 g/mol. The number of nitrogens with zero attached hydrogens (tertiary/aromatic N) is 4. The van der Waals surface area contributed by atoms with Crippen LogP contribution in [-0.2, 0) is 0 Å². The topological polar surface area (TPSA) is 51.0 Å². The Labute approximate surface area is 153 Å². The fourth-order valence-electron chi connectivity index (χ4n) is 2.85. The van der Waals surface area contributed by atoms with E-state index >= 15 is 0 Å². The number of thiophene rings is 1. The summed E-state index contributed by atoms with van der Waals surface area (Å²) in [6.45, 7) is 6.46. The highest BCUT2D eigenvalue weighted by molar-refractivity contribution is 7.12. The van der Waals surface area contributed by atoms with Gasteiger partial charge in [-0.25, -0.2) is 4.98 Å². The molecule has 2 aromatic heterocycles. The average molecular weight is 377 g/mol. The molecule has 24 heavy (non-hydrogen) atoms. The minimum Gasteiger partial charge on any atom is -0.273 e. The number of aliphatic imine (C=N–C) groups is 1. The van der Waals surface area contributed by atoms with Gasteiger partial charge < -0.3 is 0 Å². The predicted octanol–water partition coefficient (Wildman–Crippen LogP) is 5.13. The number of halogens is 2. The molecule has 1 aliphatic heterocycles. The van der Waals surface area contributed by atoms with Crippen LogP contribution in [0.15, 0.2) is 28.6 Å². The van der Waals surface area contributed by atoms with E-state index in [4.69, 9.17) is 28.2 Å². The minimum absolute atomic E-state index is 0.223. The first-order chi connectivity index (χ1) is 11.4. The van der Waals surface area contributed by atoms with Gasteiger partial charge in [-0.3, -0.25) is 4.99 Å². The first-order valence-corrected chi connectivity index (χ1v) is 9.18. The van der Waals surface area contributed by atoms with Crippen molar-refractivity contribution in [2.45, 2.75) is 32.2 Å². The maximum absolute atomic E-state index is 6.11. The van der Waals surface area contributed by atoms with Gasteiger partial charge in [-0.2, -0.15) is 0 Å². The molecule has 7 heteroatoms. The third-order valence-electron chi connectivity index (χ3n) is 4.54. The standard InChI is InChI=1S/C17H14Cl2N4S/c1-8-9-4-5-24-15(9)14(21-17(8,2)3)16-20-12-6-10(18)11(19)7-13(12)22-23-16/h4-8H,1-3H3. The van der Waals surface area contributed by atoms with Crippen LogP contribution in [0.3, 0.4) is 0 Å². The normalized spacial score (nSPS) is 19.2. The van der Waals surface area contributed by atoms with E-state index in [9.17, 15) is 0 Å². The van der Waals surface area contributed by atoms with Gasteiger partial charge in [0.1, 0.15) is 11.2 Å². The number of hydrogen-bond acceptors (Lipinski definition) is 5. The molecule has 0 N–H and O–H groups in total. The highest BCUT2D eigenvalue weighted by Crippen LogP contribution is 2.40. The molecule has 4 nitrogen and oxygen atoms in total. The van der Waals surface area contributed by atoms with Crippen molar-refractivity contribution < 1.29 is 0 Å². The highest BCUT2D eigenvalue weighted by atomic mass is 35.5. The van der Waals surface area contributed by atoms with Crippen molar-refractivity contribution in [3.8, 4) is 0 Å². The van der Waals surface area contributed by atoms with E-state index in [1.165, 1.54) is 5.56 Å². The highest BCUT2D eigenvalue weighted by Gasteiger charge is 2.36. The summed E-state index contributed by atoms with van der Waals surface area (Å²) in [6.07, 6.45) is 0. The number of hydrogen-bond donors (Lipinski definition) is 0. The van der Waals surface area contributed by atoms with E-state index in [1.807, 2.05) is 0 Å². The lowest BCUT2D eigenvalue weighted by atomic mass is 9.81. The Balaban J connectivity index is 1.92. The Morgan fingerprint density at radius 3 is 2.54 bits per heavy atom. The SMILES string of the molecule is CC1c2ccsc2C(c2nnc3cc(Cl)c(Cl)cc3n2)=NC1(C)C. The zero-order valence-electron chi connectivity index (χ0n) is 13.3. The summed E-state index contributed by atoms with van der Waals surface area (Å²) in [6, 6.07) is 5.55. The van der Waals surface area contributed by atoms with Gasteiger partial charge in [-0.1, -0.05) is 30.1 Å². The first kappa shape index (κ1) is 15.9. The second kappa shape index (κ2) is 5.48. The van der Waals surface area contributed by atoms with E-state index in [0.717, 1.165) is 10.6 Å². The van der Waals surface area contributed by atoms with Crippen LogP contribution in [0.5, 0.6) is 0 Å². The summed E-state index contributed by atoms with van der Waals surface area (Å²) >= 11 is 13.8. The Kier molecular flexibility index (Phi) is 3.64. The molecule has 0 saturated carbocycles. The molecular formula is C17H14Cl2N4S. The third kappa shape index (κ3) is 2.42. The predicted molar refractivity (Wildman–Crippen MR) is 99.8 cm³/mol. The van der Waals surface area contributed by atoms with Gasteiger partial charge in [0, 0.05) is 5.92 Å². The van der Waals surface area contributed by atoms with Crippen LogP contribution in [-0.4, -0.2) is 26.4 Å². The lowest BCUT2D eigenvalue weighted by Gasteiger charge is -2.33. The van der Waals surface area contributed by atoms with E-state index in [0.29, 0.717) is 32.8 Å². The molecule has 0 bridgehead atoms. The smallest absolute Gasteiger partial charge is 0.202 e. The van der Waals surface area contributed by atoms with Gasteiger partial charge in [0.05, 0.1) is 26.0 Å². The van der Waals surface area contributed by atoms with Crippen LogP contribution >= 0.6 is 34.5 Å². The number of fused-ring (bicyclic) bond motifs is 2. The van der Waals surface area contributed by atoms with Gasteiger partial charge in [-0.05, 0) is 43.0 Å².